The summed E-state index contributed by atoms with van der Waals surface area (Å²) in [6, 6.07) is 12.0. The Hall–Kier alpha value is -3.52. The van der Waals surface area contributed by atoms with E-state index in [0.29, 0.717) is 41.2 Å². The second-order valence-corrected chi connectivity index (χ2v) is 8.70. The second-order valence-electron chi connectivity index (χ2n) is 7.75. The Bertz CT molecular complexity index is 1180. The van der Waals surface area contributed by atoms with Crippen LogP contribution in [0, 0.1) is 0 Å². The third-order valence-corrected chi connectivity index (χ3v) is 6.48. The van der Waals surface area contributed by atoms with E-state index in [4.69, 9.17) is 4.74 Å². The summed E-state index contributed by atoms with van der Waals surface area (Å²) < 4.78 is 5.69. The highest BCUT2D eigenvalue weighted by atomic mass is 32.1. The maximum absolute atomic E-state index is 13.3. The molecule has 0 fully saturated rings. The molecule has 8 heteroatoms. The first kappa shape index (κ1) is 22.7. The number of fused-ring (bicyclic) bond motifs is 1. The molecule has 1 aliphatic rings. The quantitative estimate of drug-likeness (QED) is 0.469. The first-order chi connectivity index (χ1) is 15.9. The van der Waals surface area contributed by atoms with Crippen LogP contribution in [-0.4, -0.2) is 46.2 Å². The summed E-state index contributed by atoms with van der Waals surface area (Å²) in [5.74, 6) is -0.406. The molecule has 1 aliphatic heterocycles. The summed E-state index contributed by atoms with van der Waals surface area (Å²) in [6.45, 7) is 4.77. The Kier molecular flexibility index (Phi) is 6.55. The highest BCUT2D eigenvalue weighted by Gasteiger charge is 2.35. The lowest BCUT2D eigenvalue weighted by molar-refractivity contribution is 0.0642. The fourth-order valence-electron chi connectivity index (χ4n) is 3.79. The number of hydrogen-bond acceptors (Lipinski definition) is 6. The van der Waals surface area contributed by atoms with Gasteiger partial charge in [-0.2, -0.15) is 0 Å². The number of aromatic nitrogens is 1. The molecule has 0 spiro atoms. The molecular formula is C25H25N3O4S. The van der Waals surface area contributed by atoms with Crippen molar-refractivity contribution in [3.63, 3.8) is 0 Å². The van der Waals surface area contributed by atoms with Gasteiger partial charge in [0.15, 0.2) is 0 Å². The molecular weight excluding hydrogens is 438 g/mol. The summed E-state index contributed by atoms with van der Waals surface area (Å²) in [4.78, 5) is 46.1. The van der Waals surface area contributed by atoms with Crippen molar-refractivity contribution in [1.82, 2.24) is 14.8 Å². The zero-order valence-corrected chi connectivity index (χ0v) is 19.6. The third kappa shape index (κ3) is 4.52. The molecule has 0 atom stereocenters. The van der Waals surface area contributed by atoms with E-state index in [2.05, 4.69) is 4.98 Å². The second kappa shape index (κ2) is 9.54. The molecule has 170 valence electrons. The molecule has 0 N–H and O–H groups in total. The topological polar surface area (TPSA) is 79.8 Å². The van der Waals surface area contributed by atoms with Crippen LogP contribution in [0.1, 0.15) is 61.2 Å². The van der Waals surface area contributed by atoms with E-state index in [9.17, 15) is 14.4 Å². The fourth-order valence-corrected chi connectivity index (χ4v) is 4.53. The van der Waals surface area contributed by atoms with Crippen molar-refractivity contribution >= 4 is 29.1 Å². The molecule has 0 radical (unpaired) electrons. The average Bonchev–Trinajstić information content (AvgIpc) is 3.38. The van der Waals surface area contributed by atoms with Crippen LogP contribution in [0.5, 0.6) is 5.75 Å². The van der Waals surface area contributed by atoms with Gasteiger partial charge < -0.3 is 9.64 Å². The third-order valence-electron chi connectivity index (χ3n) is 5.44. The van der Waals surface area contributed by atoms with Gasteiger partial charge in [0.05, 0.1) is 47.1 Å². The molecule has 3 aromatic rings. The van der Waals surface area contributed by atoms with Gasteiger partial charge in [-0.3, -0.25) is 19.3 Å². The summed E-state index contributed by atoms with van der Waals surface area (Å²) in [5.41, 5.74) is 2.71. The molecule has 0 unspecified atom stereocenters. The van der Waals surface area contributed by atoms with Crippen molar-refractivity contribution < 1.29 is 19.1 Å². The summed E-state index contributed by atoms with van der Waals surface area (Å²) in [7, 11) is 1.72. The molecule has 33 heavy (non-hydrogen) atoms. The van der Waals surface area contributed by atoms with E-state index in [0.717, 1.165) is 17.1 Å². The van der Waals surface area contributed by atoms with Crippen LogP contribution in [0.2, 0.25) is 0 Å². The number of carbonyl (C=O) groups excluding carboxylic acids is 3. The number of carbonyl (C=O) groups is 3. The predicted octanol–water partition coefficient (Wildman–Crippen LogP) is 4.17. The van der Waals surface area contributed by atoms with E-state index in [1.165, 1.54) is 4.90 Å². The van der Waals surface area contributed by atoms with Gasteiger partial charge >= 0.3 is 0 Å². The van der Waals surface area contributed by atoms with E-state index in [-0.39, 0.29) is 24.3 Å². The maximum atomic E-state index is 13.3. The highest BCUT2D eigenvalue weighted by molar-refractivity contribution is 7.09. The number of benzene rings is 2. The first-order valence-electron chi connectivity index (χ1n) is 10.8. The molecule has 0 bridgehead atoms. The van der Waals surface area contributed by atoms with Gasteiger partial charge in [0.25, 0.3) is 17.7 Å². The summed E-state index contributed by atoms with van der Waals surface area (Å²) in [5, 5.41) is 2.99. The lowest BCUT2D eigenvalue weighted by Gasteiger charge is -2.20. The molecule has 4 rings (SSSR count). The Morgan fingerprint density at radius 1 is 1.09 bits per heavy atom. The Balaban J connectivity index is 1.57. The first-order valence-corrected chi connectivity index (χ1v) is 11.7. The van der Waals surface area contributed by atoms with Gasteiger partial charge in [-0.15, -0.1) is 11.3 Å². The minimum absolute atomic E-state index is 0.0781. The number of nitrogens with zero attached hydrogens (tertiary/aromatic N) is 3. The molecule has 0 saturated carbocycles. The number of aryl methyl sites for hydroxylation is 1. The lowest BCUT2D eigenvalue weighted by atomic mass is 10.1. The van der Waals surface area contributed by atoms with Gasteiger partial charge in [0.2, 0.25) is 0 Å². The SMILES string of the molecule is CCOc1ccc(CN2C(=O)c3ccccc3C2=O)cc1C(=O)N(C)Cc1csc(CC)n1. The van der Waals surface area contributed by atoms with Gasteiger partial charge in [-0.1, -0.05) is 25.1 Å². The van der Waals surface area contributed by atoms with Crippen LogP contribution in [0.15, 0.2) is 47.8 Å². The molecule has 2 aromatic carbocycles. The summed E-state index contributed by atoms with van der Waals surface area (Å²) in [6.07, 6.45) is 0.858. The van der Waals surface area contributed by atoms with E-state index in [1.807, 2.05) is 19.2 Å². The van der Waals surface area contributed by atoms with E-state index >= 15 is 0 Å². The minimum atomic E-state index is -0.329. The van der Waals surface area contributed by atoms with Crippen molar-refractivity contribution in [3.05, 3.63) is 80.8 Å². The van der Waals surface area contributed by atoms with E-state index < -0.39 is 0 Å². The van der Waals surface area contributed by atoms with Crippen molar-refractivity contribution in [2.45, 2.75) is 33.4 Å². The zero-order chi connectivity index (χ0) is 23.5. The van der Waals surface area contributed by atoms with Crippen LogP contribution >= 0.6 is 11.3 Å². The smallest absolute Gasteiger partial charge is 0.261 e. The number of ether oxygens (including phenoxy) is 1. The Morgan fingerprint density at radius 3 is 2.39 bits per heavy atom. The molecule has 0 aliphatic carbocycles. The van der Waals surface area contributed by atoms with Gasteiger partial charge in [0, 0.05) is 12.4 Å². The average molecular weight is 464 g/mol. The van der Waals surface area contributed by atoms with Crippen molar-refractivity contribution in [2.24, 2.45) is 0 Å². The van der Waals surface area contributed by atoms with Gasteiger partial charge in [-0.25, -0.2) is 4.98 Å². The van der Waals surface area contributed by atoms with Crippen molar-refractivity contribution in [3.8, 4) is 5.75 Å². The Morgan fingerprint density at radius 2 is 1.79 bits per heavy atom. The largest absolute Gasteiger partial charge is 0.493 e. The molecule has 3 amide bonds. The van der Waals surface area contributed by atoms with Gasteiger partial charge in [-0.05, 0) is 43.2 Å². The van der Waals surface area contributed by atoms with Crippen LogP contribution in [0.25, 0.3) is 0 Å². The van der Waals surface area contributed by atoms with Crippen LogP contribution in [-0.2, 0) is 19.5 Å². The van der Waals surface area contributed by atoms with Crippen LogP contribution in [0.4, 0.5) is 0 Å². The fraction of sp³-hybridized carbons (Fsp3) is 0.280. The number of amides is 3. The number of rotatable bonds is 8. The Labute approximate surface area is 196 Å². The predicted molar refractivity (Wildman–Crippen MR) is 126 cm³/mol. The number of imide groups is 1. The monoisotopic (exact) mass is 463 g/mol. The standard InChI is InChI=1S/C25H25N3O4S/c1-4-22-26-17(15-33-22)14-27(3)23(29)20-12-16(10-11-21(20)32-5-2)13-28-24(30)18-8-6-7-9-19(18)25(28)31/h6-12,15H,4-5,13-14H2,1-3H3. The van der Waals surface area contributed by atoms with Crippen molar-refractivity contribution in [2.75, 3.05) is 13.7 Å². The maximum Gasteiger partial charge on any atom is 0.261 e. The molecule has 2 heterocycles. The highest BCUT2D eigenvalue weighted by Crippen LogP contribution is 2.27. The molecule has 7 nitrogen and oxygen atoms in total. The molecule has 0 saturated heterocycles. The number of thiazole rings is 1. The number of hydrogen-bond donors (Lipinski definition) is 0. The molecule has 1 aromatic heterocycles. The van der Waals surface area contributed by atoms with Crippen LogP contribution < -0.4 is 4.74 Å². The van der Waals surface area contributed by atoms with E-state index in [1.54, 1.807) is 65.7 Å². The lowest BCUT2D eigenvalue weighted by Crippen LogP contribution is -2.30. The zero-order valence-electron chi connectivity index (χ0n) is 18.8. The summed E-state index contributed by atoms with van der Waals surface area (Å²) >= 11 is 1.58. The van der Waals surface area contributed by atoms with Gasteiger partial charge in [0.1, 0.15) is 5.75 Å². The van der Waals surface area contributed by atoms with Crippen molar-refractivity contribution in [1.29, 1.82) is 0 Å². The van der Waals surface area contributed by atoms with Crippen LogP contribution in [0.3, 0.4) is 0 Å². The minimum Gasteiger partial charge on any atom is -0.493 e. The normalized spacial score (nSPS) is 12.8.